The largest absolute Gasteiger partial charge is 0.493 e. The highest BCUT2D eigenvalue weighted by atomic mass is 16.5. The molecule has 0 spiro atoms. The van der Waals surface area contributed by atoms with Crippen LogP contribution < -0.4 is 19.5 Å². The van der Waals surface area contributed by atoms with E-state index in [1.54, 1.807) is 19.2 Å². The summed E-state index contributed by atoms with van der Waals surface area (Å²) >= 11 is 0. The van der Waals surface area contributed by atoms with Crippen LogP contribution in [0.1, 0.15) is 28.0 Å². The van der Waals surface area contributed by atoms with Gasteiger partial charge in [-0.05, 0) is 36.6 Å². The number of hydrogen-bond donors (Lipinski definition) is 2. The molecular formula is C22H24N2O4. The maximum Gasteiger partial charge on any atom is 0.251 e. The van der Waals surface area contributed by atoms with Crippen LogP contribution in [0.5, 0.6) is 17.2 Å². The Bertz CT molecular complexity index is 1000. The number of H-pyrrole nitrogens is 1. The van der Waals surface area contributed by atoms with Crippen molar-refractivity contribution < 1.29 is 19.0 Å². The number of nitrogens with one attached hydrogen (secondary N) is 2. The molecule has 2 aromatic carbocycles. The van der Waals surface area contributed by atoms with Crippen LogP contribution in [-0.2, 0) is 12.8 Å². The van der Waals surface area contributed by atoms with E-state index in [0.717, 1.165) is 24.8 Å². The van der Waals surface area contributed by atoms with Crippen molar-refractivity contribution in [1.82, 2.24) is 10.3 Å². The second-order valence-electron chi connectivity index (χ2n) is 6.95. The van der Waals surface area contributed by atoms with E-state index < -0.39 is 0 Å². The van der Waals surface area contributed by atoms with Gasteiger partial charge >= 0.3 is 0 Å². The predicted octanol–water partition coefficient (Wildman–Crippen LogP) is 3.48. The fraction of sp³-hybridized carbons (Fsp3) is 0.318. The van der Waals surface area contributed by atoms with Crippen LogP contribution >= 0.6 is 0 Å². The van der Waals surface area contributed by atoms with E-state index in [2.05, 4.69) is 28.5 Å². The van der Waals surface area contributed by atoms with Crippen LogP contribution in [-0.4, -0.2) is 38.3 Å². The number of methoxy groups -OCH3 is 3. The van der Waals surface area contributed by atoms with Gasteiger partial charge in [-0.2, -0.15) is 0 Å². The number of aromatic nitrogens is 1. The first-order chi connectivity index (χ1) is 13.6. The molecule has 1 atom stereocenters. The number of aryl methyl sites for hydroxylation is 1. The van der Waals surface area contributed by atoms with Crippen molar-refractivity contribution in [3.8, 4) is 17.2 Å². The van der Waals surface area contributed by atoms with Gasteiger partial charge < -0.3 is 24.5 Å². The molecule has 2 N–H and O–H groups in total. The van der Waals surface area contributed by atoms with E-state index in [-0.39, 0.29) is 11.9 Å². The number of benzene rings is 2. The number of hydrogen-bond acceptors (Lipinski definition) is 4. The van der Waals surface area contributed by atoms with Gasteiger partial charge in [0.2, 0.25) is 5.75 Å². The summed E-state index contributed by atoms with van der Waals surface area (Å²) in [5.41, 5.74) is 4.22. The third-order valence-electron chi connectivity index (χ3n) is 5.36. The standard InChI is InChI=1S/C22H24N2O4/c1-26-19-10-13(11-20(27-2)21(19)28-3)22(25)23-14-8-9-16-15-6-4-5-7-17(15)24-18(16)12-14/h4-7,10-11,14,24H,8-9,12H2,1-3H3,(H,23,25). The lowest BCUT2D eigenvalue weighted by Gasteiger charge is -2.24. The summed E-state index contributed by atoms with van der Waals surface area (Å²) < 4.78 is 16.0. The zero-order chi connectivity index (χ0) is 19.7. The number of amides is 1. The van der Waals surface area contributed by atoms with Crippen molar-refractivity contribution in [2.75, 3.05) is 21.3 Å². The smallest absolute Gasteiger partial charge is 0.251 e. The Labute approximate surface area is 163 Å². The quantitative estimate of drug-likeness (QED) is 0.711. The number of rotatable bonds is 5. The molecule has 1 aliphatic rings. The maximum absolute atomic E-state index is 12.9. The highest BCUT2D eigenvalue weighted by molar-refractivity contribution is 5.96. The molecule has 0 saturated heterocycles. The van der Waals surface area contributed by atoms with Crippen LogP contribution in [0, 0.1) is 0 Å². The van der Waals surface area contributed by atoms with Crippen molar-refractivity contribution in [2.24, 2.45) is 0 Å². The van der Waals surface area contributed by atoms with Crippen molar-refractivity contribution in [1.29, 1.82) is 0 Å². The van der Waals surface area contributed by atoms with Crippen LogP contribution in [0.25, 0.3) is 10.9 Å². The van der Waals surface area contributed by atoms with Crippen molar-refractivity contribution >= 4 is 16.8 Å². The number of ether oxygens (including phenoxy) is 3. The van der Waals surface area contributed by atoms with Gasteiger partial charge in [-0.3, -0.25) is 4.79 Å². The van der Waals surface area contributed by atoms with Gasteiger partial charge in [-0.15, -0.1) is 0 Å². The summed E-state index contributed by atoms with van der Waals surface area (Å²) in [7, 11) is 4.62. The van der Waals surface area contributed by atoms with Crippen LogP contribution in [0.3, 0.4) is 0 Å². The Hall–Kier alpha value is -3.15. The maximum atomic E-state index is 12.9. The van der Waals surface area contributed by atoms with Gasteiger partial charge in [0.25, 0.3) is 5.91 Å². The van der Waals surface area contributed by atoms with E-state index in [0.29, 0.717) is 22.8 Å². The Morgan fingerprint density at radius 1 is 1.07 bits per heavy atom. The average molecular weight is 380 g/mol. The lowest BCUT2D eigenvalue weighted by Crippen LogP contribution is -2.38. The molecule has 4 rings (SSSR count). The Balaban J connectivity index is 1.54. The normalized spacial score (nSPS) is 15.8. The lowest BCUT2D eigenvalue weighted by atomic mass is 9.91. The van der Waals surface area contributed by atoms with E-state index in [9.17, 15) is 4.79 Å². The Kier molecular flexibility index (Phi) is 4.86. The van der Waals surface area contributed by atoms with Gasteiger partial charge in [0.15, 0.2) is 11.5 Å². The molecule has 1 amide bonds. The van der Waals surface area contributed by atoms with E-state index in [4.69, 9.17) is 14.2 Å². The number of fused-ring (bicyclic) bond motifs is 3. The first kappa shape index (κ1) is 18.2. The van der Waals surface area contributed by atoms with Crippen molar-refractivity contribution in [2.45, 2.75) is 25.3 Å². The van der Waals surface area contributed by atoms with Crippen LogP contribution in [0.15, 0.2) is 36.4 Å². The fourth-order valence-corrected chi connectivity index (χ4v) is 3.99. The SMILES string of the molecule is COc1cc(C(=O)NC2CCc3c([nH]c4ccccc34)C2)cc(OC)c1OC. The first-order valence-electron chi connectivity index (χ1n) is 9.34. The molecule has 0 aliphatic heterocycles. The third-order valence-corrected chi connectivity index (χ3v) is 5.36. The predicted molar refractivity (Wildman–Crippen MR) is 108 cm³/mol. The molecule has 6 nitrogen and oxygen atoms in total. The van der Waals surface area contributed by atoms with Crippen LogP contribution in [0.2, 0.25) is 0 Å². The molecule has 1 aromatic heterocycles. The second-order valence-corrected chi connectivity index (χ2v) is 6.95. The molecule has 0 bridgehead atoms. The summed E-state index contributed by atoms with van der Waals surface area (Å²) in [6.45, 7) is 0. The van der Waals surface area contributed by atoms with Gasteiger partial charge in [0, 0.05) is 34.6 Å². The zero-order valence-corrected chi connectivity index (χ0v) is 16.3. The molecular weight excluding hydrogens is 356 g/mol. The highest BCUT2D eigenvalue weighted by Gasteiger charge is 2.25. The molecule has 0 saturated carbocycles. The van der Waals surface area contributed by atoms with Crippen LogP contribution in [0.4, 0.5) is 0 Å². The fourth-order valence-electron chi connectivity index (χ4n) is 3.99. The monoisotopic (exact) mass is 380 g/mol. The Morgan fingerprint density at radius 3 is 2.46 bits per heavy atom. The summed E-state index contributed by atoms with van der Waals surface area (Å²) in [5, 5.41) is 4.43. The minimum absolute atomic E-state index is 0.0761. The number of aromatic amines is 1. The summed E-state index contributed by atoms with van der Waals surface area (Å²) in [6.07, 6.45) is 2.64. The number of para-hydroxylation sites is 1. The van der Waals surface area contributed by atoms with E-state index >= 15 is 0 Å². The number of carbonyl (C=O) groups excluding carboxylic acids is 1. The molecule has 1 aliphatic carbocycles. The molecule has 0 fully saturated rings. The summed E-state index contributed by atoms with van der Waals surface area (Å²) in [4.78, 5) is 16.4. The van der Waals surface area contributed by atoms with Gasteiger partial charge in [-0.1, -0.05) is 18.2 Å². The topological polar surface area (TPSA) is 72.6 Å². The van der Waals surface area contributed by atoms with Crippen molar-refractivity contribution in [3.63, 3.8) is 0 Å². The minimum atomic E-state index is -0.149. The van der Waals surface area contributed by atoms with Gasteiger partial charge in [0.1, 0.15) is 0 Å². The highest BCUT2D eigenvalue weighted by Crippen LogP contribution is 2.38. The van der Waals surface area contributed by atoms with Crippen molar-refractivity contribution in [3.05, 3.63) is 53.2 Å². The molecule has 1 unspecified atom stereocenters. The number of carbonyl (C=O) groups is 1. The van der Waals surface area contributed by atoms with E-state index in [1.807, 2.05) is 6.07 Å². The summed E-state index contributed by atoms with van der Waals surface area (Å²) in [5.74, 6) is 1.26. The molecule has 0 radical (unpaired) electrons. The molecule has 3 aromatic rings. The molecule has 1 heterocycles. The van der Waals surface area contributed by atoms with Gasteiger partial charge in [0.05, 0.1) is 21.3 Å². The lowest BCUT2D eigenvalue weighted by molar-refractivity contribution is 0.0932. The molecule has 146 valence electrons. The van der Waals surface area contributed by atoms with Gasteiger partial charge in [-0.25, -0.2) is 0 Å². The molecule has 6 heteroatoms. The molecule has 28 heavy (non-hydrogen) atoms. The second kappa shape index (κ2) is 7.46. The third kappa shape index (κ3) is 3.15. The first-order valence-corrected chi connectivity index (χ1v) is 9.34. The zero-order valence-electron chi connectivity index (χ0n) is 16.3. The Morgan fingerprint density at radius 2 is 1.79 bits per heavy atom. The average Bonchev–Trinajstić information content (AvgIpc) is 3.10. The van der Waals surface area contributed by atoms with E-state index in [1.165, 1.54) is 30.9 Å². The summed E-state index contributed by atoms with van der Waals surface area (Å²) in [6, 6.07) is 11.8. The minimum Gasteiger partial charge on any atom is -0.493 e.